The summed E-state index contributed by atoms with van der Waals surface area (Å²) in [6, 6.07) is 9.64. The van der Waals surface area contributed by atoms with Gasteiger partial charge in [0.2, 0.25) is 0 Å². The van der Waals surface area contributed by atoms with Gasteiger partial charge in [-0.1, -0.05) is 18.2 Å². The number of nitrogens with zero attached hydrogens (tertiary/aromatic N) is 2. The molecule has 1 aliphatic rings. The predicted octanol–water partition coefficient (Wildman–Crippen LogP) is 2.90. The third-order valence-corrected chi connectivity index (χ3v) is 3.65. The summed E-state index contributed by atoms with van der Waals surface area (Å²) < 4.78 is 1.73. The predicted molar refractivity (Wildman–Crippen MR) is 79.5 cm³/mol. The molecule has 0 aliphatic heterocycles. The molecular weight excluding hydrogens is 264 g/mol. The van der Waals surface area contributed by atoms with Crippen LogP contribution in [-0.4, -0.2) is 21.3 Å². The van der Waals surface area contributed by atoms with E-state index < -0.39 is 0 Å². The van der Waals surface area contributed by atoms with Crippen LogP contribution in [0.5, 0.6) is 0 Å². The molecule has 0 atom stereocenters. The number of ketones is 2. The van der Waals surface area contributed by atoms with Crippen molar-refractivity contribution in [2.75, 3.05) is 0 Å². The quantitative estimate of drug-likeness (QED) is 0.625. The Balaban J connectivity index is 1.81. The summed E-state index contributed by atoms with van der Waals surface area (Å²) in [6.07, 6.45) is 6.21. The number of para-hydroxylation sites is 1. The molecular formula is C17H16N2O2. The minimum absolute atomic E-state index is 0.0523. The van der Waals surface area contributed by atoms with Crippen molar-refractivity contribution in [1.29, 1.82) is 0 Å². The third-order valence-electron chi connectivity index (χ3n) is 3.65. The molecule has 1 fully saturated rings. The fourth-order valence-corrected chi connectivity index (χ4v) is 2.23. The van der Waals surface area contributed by atoms with Gasteiger partial charge in [0.15, 0.2) is 11.6 Å². The van der Waals surface area contributed by atoms with Gasteiger partial charge in [-0.25, -0.2) is 4.68 Å². The molecule has 2 aromatic rings. The second-order valence-electron chi connectivity index (χ2n) is 5.27. The Labute approximate surface area is 123 Å². The van der Waals surface area contributed by atoms with E-state index in [1.165, 1.54) is 12.2 Å². The van der Waals surface area contributed by atoms with E-state index in [4.69, 9.17) is 0 Å². The minimum atomic E-state index is -0.177. The highest BCUT2D eigenvalue weighted by Crippen LogP contribution is 2.30. The molecule has 1 aromatic carbocycles. The molecule has 4 nitrogen and oxygen atoms in total. The number of benzene rings is 1. The van der Waals surface area contributed by atoms with Gasteiger partial charge in [-0.2, -0.15) is 5.10 Å². The van der Waals surface area contributed by atoms with Crippen LogP contribution >= 0.6 is 0 Å². The molecule has 1 heterocycles. The monoisotopic (exact) mass is 280 g/mol. The van der Waals surface area contributed by atoms with Crippen molar-refractivity contribution in [2.45, 2.75) is 19.8 Å². The first-order chi connectivity index (χ1) is 10.2. The van der Waals surface area contributed by atoms with Gasteiger partial charge in [-0.15, -0.1) is 0 Å². The van der Waals surface area contributed by atoms with Crippen molar-refractivity contribution in [3.05, 3.63) is 59.9 Å². The lowest BCUT2D eigenvalue weighted by Gasteiger charge is -2.03. The van der Waals surface area contributed by atoms with Gasteiger partial charge >= 0.3 is 0 Å². The molecule has 0 amide bonds. The molecule has 106 valence electrons. The summed E-state index contributed by atoms with van der Waals surface area (Å²) in [5.74, 6) is 0.0160. The first-order valence-electron chi connectivity index (χ1n) is 7.03. The third kappa shape index (κ3) is 2.84. The molecule has 0 radical (unpaired) electrons. The number of allylic oxidation sites excluding steroid dienone is 2. The topological polar surface area (TPSA) is 52.0 Å². The Morgan fingerprint density at radius 1 is 1.19 bits per heavy atom. The van der Waals surface area contributed by atoms with E-state index >= 15 is 0 Å². The average molecular weight is 280 g/mol. The van der Waals surface area contributed by atoms with Crippen LogP contribution in [0.25, 0.3) is 5.69 Å². The molecule has 4 heteroatoms. The zero-order chi connectivity index (χ0) is 14.8. The lowest BCUT2D eigenvalue weighted by molar-refractivity contribution is -0.115. The van der Waals surface area contributed by atoms with E-state index in [1.54, 1.807) is 10.9 Å². The van der Waals surface area contributed by atoms with Crippen LogP contribution in [0.1, 0.15) is 28.9 Å². The second-order valence-corrected chi connectivity index (χ2v) is 5.27. The normalized spacial score (nSPS) is 14.5. The summed E-state index contributed by atoms with van der Waals surface area (Å²) in [4.78, 5) is 23.8. The minimum Gasteiger partial charge on any atom is -0.295 e. The largest absolute Gasteiger partial charge is 0.295 e. The van der Waals surface area contributed by atoms with Crippen LogP contribution < -0.4 is 0 Å². The summed E-state index contributed by atoms with van der Waals surface area (Å²) in [6.45, 7) is 1.85. The maximum atomic E-state index is 12.2. The number of hydrogen-bond acceptors (Lipinski definition) is 3. The van der Waals surface area contributed by atoms with Gasteiger partial charge in [-0.05, 0) is 44.1 Å². The molecule has 1 aromatic heterocycles. The fourth-order valence-electron chi connectivity index (χ4n) is 2.23. The molecule has 0 N–H and O–H groups in total. The van der Waals surface area contributed by atoms with Crippen molar-refractivity contribution in [3.63, 3.8) is 0 Å². The van der Waals surface area contributed by atoms with Crippen LogP contribution in [-0.2, 0) is 4.79 Å². The van der Waals surface area contributed by atoms with Gasteiger partial charge in [0.1, 0.15) is 0 Å². The van der Waals surface area contributed by atoms with Crippen LogP contribution in [0.15, 0.2) is 48.7 Å². The summed E-state index contributed by atoms with van der Waals surface area (Å²) in [5, 5.41) is 4.26. The SMILES string of the molecule is Cc1c(C(=O)C=CC(=O)C2CC2)cnn1-c1ccccc1. The van der Waals surface area contributed by atoms with E-state index in [2.05, 4.69) is 5.10 Å². The summed E-state index contributed by atoms with van der Waals surface area (Å²) >= 11 is 0. The molecule has 21 heavy (non-hydrogen) atoms. The Bertz CT molecular complexity index is 710. The van der Waals surface area contributed by atoms with E-state index in [-0.39, 0.29) is 17.5 Å². The number of rotatable bonds is 5. The smallest absolute Gasteiger partial charge is 0.189 e. The van der Waals surface area contributed by atoms with E-state index in [0.717, 1.165) is 24.2 Å². The lowest BCUT2D eigenvalue weighted by Crippen LogP contribution is -2.02. The van der Waals surface area contributed by atoms with Crippen LogP contribution in [0.4, 0.5) is 0 Å². The molecule has 1 saturated carbocycles. The Hall–Kier alpha value is -2.49. The lowest BCUT2D eigenvalue weighted by atomic mass is 10.1. The first kappa shape index (κ1) is 13.5. The zero-order valence-corrected chi connectivity index (χ0v) is 11.8. The van der Waals surface area contributed by atoms with Crippen LogP contribution in [0.2, 0.25) is 0 Å². The molecule has 3 rings (SSSR count). The van der Waals surface area contributed by atoms with Gasteiger partial charge in [0.25, 0.3) is 0 Å². The number of carbonyl (C=O) groups is 2. The van der Waals surface area contributed by atoms with Gasteiger partial charge in [0.05, 0.1) is 23.1 Å². The molecule has 0 saturated heterocycles. The summed E-state index contributed by atoms with van der Waals surface area (Å²) in [7, 11) is 0. The highest BCUT2D eigenvalue weighted by molar-refractivity contribution is 6.09. The highest BCUT2D eigenvalue weighted by atomic mass is 16.1. The van der Waals surface area contributed by atoms with Crippen molar-refractivity contribution in [2.24, 2.45) is 5.92 Å². The van der Waals surface area contributed by atoms with E-state index in [9.17, 15) is 9.59 Å². The molecule has 0 bridgehead atoms. The maximum Gasteiger partial charge on any atom is 0.189 e. The standard InChI is InChI=1S/C17H16N2O2/c1-12-15(17(21)10-9-16(20)13-7-8-13)11-18-19(12)14-5-3-2-4-6-14/h2-6,9-11,13H,7-8H2,1H3. The van der Waals surface area contributed by atoms with Gasteiger partial charge in [-0.3, -0.25) is 9.59 Å². The Morgan fingerprint density at radius 3 is 2.57 bits per heavy atom. The number of carbonyl (C=O) groups excluding carboxylic acids is 2. The van der Waals surface area contributed by atoms with Crippen molar-refractivity contribution in [1.82, 2.24) is 9.78 Å². The van der Waals surface area contributed by atoms with Gasteiger partial charge in [0, 0.05) is 5.92 Å². The second kappa shape index (κ2) is 5.48. The molecule has 0 spiro atoms. The van der Waals surface area contributed by atoms with Crippen molar-refractivity contribution < 1.29 is 9.59 Å². The average Bonchev–Trinajstić information content (AvgIpc) is 3.28. The van der Waals surface area contributed by atoms with Crippen molar-refractivity contribution >= 4 is 11.6 Å². The molecule has 0 unspecified atom stereocenters. The Morgan fingerprint density at radius 2 is 1.90 bits per heavy atom. The van der Waals surface area contributed by atoms with Crippen molar-refractivity contribution in [3.8, 4) is 5.69 Å². The van der Waals surface area contributed by atoms with Crippen LogP contribution in [0, 0.1) is 12.8 Å². The van der Waals surface area contributed by atoms with E-state index in [0.29, 0.717) is 5.56 Å². The summed E-state index contributed by atoms with van der Waals surface area (Å²) in [5.41, 5.74) is 2.21. The zero-order valence-electron chi connectivity index (χ0n) is 11.8. The fraction of sp³-hybridized carbons (Fsp3) is 0.235. The van der Waals surface area contributed by atoms with Gasteiger partial charge < -0.3 is 0 Å². The molecule has 1 aliphatic carbocycles. The van der Waals surface area contributed by atoms with Crippen LogP contribution in [0.3, 0.4) is 0 Å². The highest BCUT2D eigenvalue weighted by Gasteiger charge is 2.27. The number of aromatic nitrogens is 2. The first-order valence-corrected chi connectivity index (χ1v) is 7.03. The number of hydrogen-bond donors (Lipinski definition) is 0. The van der Waals surface area contributed by atoms with E-state index in [1.807, 2.05) is 37.3 Å². The maximum absolute atomic E-state index is 12.2. The Kier molecular flexibility index (Phi) is 3.52.